The summed E-state index contributed by atoms with van der Waals surface area (Å²) in [5.74, 6) is -0.110. The molecule has 24 heavy (non-hydrogen) atoms. The average Bonchev–Trinajstić information content (AvgIpc) is 3.14. The Morgan fingerprint density at radius 1 is 1.17 bits per heavy atom. The maximum absolute atomic E-state index is 12.5. The lowest BCUT2D eigenvalue weighted by Gasteiger charge is -2.26. The van der Waals surface area contributed by atoms with Crippen molar-refractivity contribution in [2.45, 2.75) is 30.7 Å². The van der Waals surface area contributed by atoms with Crippen LogP contribution >= 0.6 is 0 Å². The molecule has 1 aromatic carbocycles. The fraction of sp³-hybridized carbons (Fsp3) is 0.353. The molecule has 0 unspecified atom stereocenters. The molecule has 0 aliphatic carbocycles. The Morgan fingerprint density at radius 3 is 2.67 bits per heavy atom. The zero-order valence-electron chi connectivity index (χ0n) is 13.3. The normalized spacial score (nSPS) is 15.4. The van der Waals surface area contributed by atoms with Crippen molar-refractivity contribution < 1.29 is 17.6 Å². The highest BCUT2D eigenvalue weighted by molar-refractivity contribution is 7.89. The van der Waals surface area contributed by atoms with Gasteiger partial charge in [-0.15, -0.1) is 0 Å². The fourth-order valence-corrected chi connectivity index (χ4v) is 3.79. The van der Waals surface area contributed by atoms with Gasteiger partial charge in [-0.05, 0) is 43.5 Å². The quantitative estimate of drug-likeness (QED) is 0.900. The van der Waals surface area contributed by atoms with Crippen molar-refractivity contribution in [3.63, 3.8) is 0 Å². The lowest BCUT2D eigenvalue weighted by atomic mass is 10.1. The summed E-state index contributed by atoms with van der Waals surface area (Å²) in [7, 11) is -3.69. The maximum atomic E-state index is 12.5. The van der Waals surface area contributed by atoms with Gasteiger partial charge in [0, 0.05) is 30.8 Å². The third-order valence-electron chi connectivity index (χ3n) is 4.08. The Bertz CT molecular complexity index is 794. The molecule has 3 rings (SSSR count). The topological polar surface area (TPSA) is 79.6 Å². The van der Waals surface area contributed by atoms with Crippen LogP contribution in [-0.2, 0) is 16.6 Å². The van der Waals surface area contributed by atoms with Gasteiger partial charge in [-0.2, -0.15) is 0 Å². The van der Waals surface area contributed by atoms with Gasteiger partial charge in [0.1, 0.15) is 0 Å². The number of carbonyl (C=O) groups is 1. The lowest BCUT2D eigenvalue weighted by Crippen LogP contribution is -2.35. The van der Waals surface area contributed by atoms with Crippen LogP contribution in [0, 0.1) is 0 Å². The maximum Gasteiger partial charge on any atom is 0.253 e. The molecule has 1 aliphatic heterocycles. The highest BCUT2D eigenvalue weighted by Gasteiger charge is 2.21. The van der Waals surface area contributed by atoms with Crippen LogP contribution in [0.4, 0.5) is 0 Å². The summed E-state index contributed by atoms with van der Waals surface area (Å²) in [6, 6.07) is 7.88. The molecular weight excluding hydrogens is 328 g/mol. The second-order valence-electron chi connectivity index (χ2n) is 5.84. The van der Waals surface area contributed by atoms with Gasteiger partial charge in [0.05, 0.1) is 17.4 Å². The van der Waals surface area contributed by atoms with Gasteiger partial charge in [-0.1, -0.05) is 6.07 Å². The monoisotopic (exact) mass is 348 g/mol. The summed E-state index contributed by atoms with van der Waals surface area (Å²) in [6.45, 7) is 1.60. The Labute approximate surface area is 141 Å². The van der Waals surface area contributed by atoms with E-state index in [1.54, 1.807) is 23.1 Å². The number of hydrogen-bond acceptors (Lipinski definition) is 4. The number of piperidine rings is 1. The van der Waals surface area contributed by atoms with Gasteiger partial charge in [0.15, 0.2) is 0 Å². The first kappa shape index (κ1) is 16.7. The van der Waals surface area contributed by atoms with Crippen LogP contribution < -0.4 is 4.72 Å². The number of hydrogen-bond donors (Lipinski definition) is 1. The molecule has 0 atom stereocenters. The van der Waals surface area contributed by atoms with Gasteiger partial charge in [0.25, 0.3) is 5.91 Å². The van der Waals surface area contributed by atoms with Gasteiger partial charge >= 0.3 is 0 Å². The molecule has 1 N–H and O–H groups in total. The van der Waals surface area contributed by atoms with E-state index < -0.39 is 10.0 Å². The van der Waals surface area contributed by atoms with E-state index in [1.165, 1.54) is 24.7 Å². The number of sulfonamides is 1. The number of likely N-dealkylation sites (tertiary alicyclic amines) is 1. The van der Waals surface area contributed by atoms with E-state index in [1.807, 2.05) is 0 Å². The number of nitrogens with zero attached hydrogens (tertiary/aromatic N) is 1. The van der Waals surface area contributed by atoms with Crippen molar-refractivity contribution in [3.05, 3.63) is 54.0 Å². The van der Waals surface area contributed by atoms with Crippen LogP contribution in [0.15, 0.2) is 52.2 Å². The summed E-state index contributed by atoms with van der Waals surface area (Å²) in [5.41, 5.74) is 1.14. The molecule has 1 aliphatic rings. The number of nitrogens with one attached hydrogen (secondary N) is 1. The summed E-state index contributed by atoms with van der Waals surface area (Å²) >= 11 is 0. The Morgan fingerprint density at radius 2 is 1.96 bits per heavy atom. The summed E-state index contributed by atoms with van der Waals surface area (Å²) < 4.78 is 32.3. The Balaban J connectivity index is 1.75. The minimum absolute atomic E-state index is 0.0915. The molecule has 6 nitrogen and oxygen atoms in total. The van der Waals surface area contributed by atoms with Crippen LogP contribution in [0.1, 0.15) is 35.2 Å². The predicted octanol–water partition coefficient (Wildman–Crippen LogP) is 2.38. The van der Waals surface area contributed by atoms with Gasteiger partial charge < -0.3 is 9.32 Å². The molecule has 0 spiro atoms. The molecular formula is C17H20N2O4S. The van der Waals surface area contributed by atoms with E-state index in [2.05, 4.69) is 4.72 Å². The molecule has 1 fully saturated rings. The standard InChI is InChI=1S/C17H20N2O4S/c20-17(19-8-2-1-3-9-19)15-5-4-6-16(11-15)24(21,22)18-12-14-7-10-23-13-14/h4-7,10-11,13,18H,1-3,8-9,12H2. The predicted molar refractivity (Wildman–Crippen MR) is 88.9 cm³/mol. The molecule has 2 heterocycles. The Hall–Kier alpha value is -2.12. The number of carbonyl (C=O) groups excluding carboxylic acids is 1. The fourth-order valence-electron chi connectivity index (χ4n) is 2.73. The molecule has 1 aromatic heterocycles. The molecule has 0 bridgehead atoms. The van der Waals surface area contributed by atoms with E-state index in [0.29, 0.717) is 5.56 Å². The van der Waals surface area contributed by atoms with Crippen LogP contribution in [0.5, 0.6) is 0 Å². The zero-order chi connectivity index (χ0) is 17.0. The van der Waals surface area contributed by atoms with E-state index in [9.17, 15) is 13.2 Å². The number of rotatable bonds is 5. The highest BCUT2D eigenvalue weighted by atomic mass is 32.2. The van der Waals surface area contributed by atoms with Crippen molar-refractivity contribution in [2.24, 2.45) is 0 Å². The van der Waals surface area contributed by atoms with Crippen LogP contribution in [-0.4, -0.2) is 32.3 Å². The van der Waals surface area contributed by atoms with Crippen LogP contribution in [0.3, 0.4) is 0 Å². The molecule has 2 aromatic rings. The van der Waals surface area contributed by atoms with Gasteiger partial charge in [-0.3, -0.25) is 4.79 Å². The first-order valence-electron chi connectivity index (χ1n) is 7.96. The SMILES string of the molecule is O=C(c1cccc(S(=O)(=O)NCc2ccoc2)c1)N1CCCCC1. The molecule has 1 saturated heterocycles. The number of furan rings is 1. The third-order valence-corrected chi connectivity index (χ3v) is 5.48. The molecule has 0 radical (unpaired) electrons. The van der Waals surface area contributed by atoms with Crippen LogP contribution in [0.25, 0.3) is 0 Å². The van der Waals surface area contributed by atoms with Crippen molar-refractivity contribution in [3.8, 4) is 0 Å². The zero-order valence-corrected chi connectivity index (χ0v) is 14.1. The van der Waals surface area contributed by atoms with Crippen molar-refractivity contribution in [2.75, 3.05) is 13.1 Å². The van der Waals surface area contributed by atoms with Gasteiger partial charge in [-0.25, -0.2) is 13.1 Å². The number of benzene rings is 1. The second kappa shape index (κ2) is 7.19. The summed E-state index contributed by atoms with van der Waals surface area (Å²) in [5, 5.41) is 0. The number of amides is 1. The van der Waals surface area contributed by atoms with Crippen molar-refractivity contribution >= 4 is 15.9 Å². The third kappa shape index (κ3) is 3.85. The van der Waals surface area contributed by atoms with E-state index in [0.717, 1.165) is 37.9 Å². The Kier molecular flexibility index (Phi) is 5.01. The first-order chi connectivity index (χ1) is 11.6. The van der Waals surface area contributed by atoms with E-state index in [4.69, 9.17) is 4.42 Å². The van der Waals surface area contributed by atoms with Gasteiger partial charge in [0.2, 0.25) is 10.0 Å². The molecule has 1 amide bonds. The minimum atomic E-state index is -3.69. The largest absolute Gasteiger partial charge is 0.472 e. The van der Waals surface area contributed by atoms with Crippen molar-refractivity contribution in [1.29, 1.82) is 0 Å². The second-order valence-corrected chi connectivity index (χ2v) is 7.60. The lowest BCUT2D eigenvalue weighted by molar-refractivity contribution is 0.0724. The molecule has 7 heteroatoms. The minimum Gasteiger partial charge on any atom is -0.472 e. The first-order valence-corrected chi connectivity index (χ1v) is 9.45. The van der Waals surface area contributed by atoms with Crippen molar-refractivity contribution in [1.82, 2.24) is 9.62 Å². The highest BCUT2D eigenvalue weighted by Crippen LogP contribution is 2.17. The van der Waals surface area contributed by atoms with Crippen LogP contribution in [0.2, 0.25) is 0 Å². The summed E-state index contributed by atoms with van der Waals surface area (Å²) in [6.07, 6.45) is 6.10. The van der Waals surface area contributed by atoms with E-state index >= 15 is 0 Å². The smallest absolute Gasteiger partial charge is 0.253 e. The molecule has 0 saturated carbocycles. The summed E-state index contributed by atoms with van der Waals surface area (Å²) in [4.78, 5) is 14.4. The average molecular weight is 348 g/mol. The molecule has 128 valence electrons. The van der Waals surface area contributed by atoms with E-state index in [-0.39, 0.29) is 17.3 Å².